The zero-order valence-corrected chi connectivity index (χ0v) is 15.5. The zero-order chi connectivity index (χ0) is 20.3. The van der Waals surface area contributed by atoms with Gasteiger partial charge in [0, 0.05) is 11.4 Å². The molecular formula is C22H20N2O4. The minimum atomic E-state index is -1.30. The lowest BCUT2D eigenvalue weighted by Gasteiger charge is -2.17. The maximum atomic E-state index is 11.6. The van der Waals surface area contributed by atoms with E-state index in [4.69, 9.17) is 0 Å². The molecule has 0 amide bonds. The van der Waals surface area contributed by atoms with Crippen LogP contribution < -0.4 is 10.6 Å². The second-order valence-corrected chi connectivity index (χ2v) is 6.54. The second-order valence-electron chi connectivity index (χ2n) is 6.54. The predicted octanol–water partition coefficient (Wildman–Crippen LogP) is 5.19. The molecule has 142 valence electrons. The van der Waals surface area contributed by atoms with E-state index < -0.39 is 11.9 Å². The van der Waals surface area contributed by atoms with Gasteiger partial charge in [0.1, 0.15) is 0 Å². The van der Waals surface area contributed by atoms with Gasteiger partial charge in [-0.15, -0.1) is 0 Å². The van der Waals surface area contributed by atoms with Crippen LogP contribution in [0, 0.1) is 13.8 Å². The van der Waals surface area contributed by atoms with Gasteiger partial charge in [0.05, 0.1) is 22.5 Å². The van der Waals surface area contributed by atoms with E-state index in [-0.39, 0.29) is 11.1 Å². The third-order valence-electron chi connectivity index (χ3n) is 4.28. The Hall–Kier alpha value is -3.80. The average molecular weight is 376 g/mol. The van der Waals surface area contributed by atoms with Crippen LogP contribution in [-0.4, -0.2) is 22.2 Å². The van der Waals surface area contributed by atoms with Crippen LogP contribution in [0.5, 0.6) is 0 Å². The van der Waals surface area contributed by atoms with Gasteiger partial charge in [0.2, 0.25) is 0 Å². The SMILES string of the molecule is Cc1ccc(Nc2cc(C(=O)O)c(C(=O)O)cc2Nc2ccc(C)cc2)cc1. The Morgan fingerprint density at radius 1 is 0.643 bits per heavy atom. The number of carboxylic acid groups (broad SMARTS) is 2. The van der Waals surface area contributed by atoms with E-state index in [1.54, 1.807) is 0 Å². The number of benzene rings is 3. The number of nitrogens with one attached hydrogen (secondary N) is 2. The fourth-order valence-corrected chi connectivity index (χ4v) is 2.75. The van der Waals surface area contributed by atoms with Crippen molar-refractivity contribution in [2.24, 2.45) is 0 Å². The van der Waals surface area contributed by atoms with E-state index in [1.807, 2.05) is 62.4 Å². The van der Waals surface area contributed by atoms with Crippen molar-refractivity contribution >= 4 is 34.7 Å². The Balaban J connectivity index is 2.08. The van der Waals surface area contributed by atoms with Gasteiger partial charge in [-0.3, -0.25) is 0 Å². The van der Waals surface area contributed by atoms with Crippen LogP contribution in [0.3, 0.4) is 0 Å². The maximum Gasteiger partial charge on any atom is 0.336 e. The summed E-state index contributed by atoms with van der Waals surface area (Å²) in [5.41, 5.74) is 4.08. The summed E-state index contributed by atoms with van der Waals surface area (Å²) in [6.45, 7) is 3.94. The van der Waals surface area contributed by atoms with Crippen molar-refractivity contribution in [3.8, 4) is 0 Å². The Morgan fingerprint density at radius 3 is 1.25 bits per heavy atom. The molecule has 0 unspecified atom stereocenters. The summed E-state index contributed by atoms with van der Waals surface area (Å²) < 4.78 is 0. The Morgan fingerprint density at radius 2 is 0.964 bits per heavy atom. The fraction of sp³-hybridized carbons (Fsp3) is 0.0909. The highest BCUT2D eigenvalue weighted by molar-refractivity contribution is 6.04. The molecule has 0 atom stereocenters. The summed E-state index contributed by atoms with van der Waals surface area (Å²) in [4.78, 5) is 23.1. The molecular weight excluding hydrogens is 356 g/mol. The van der Waals surface area contributed by atoms with E-state index in [0.717, 1.165) is 22.5 Å². The summed E-state index contributed by atoms with van der Waals surface area (Å²) in [7, 11) is 0. The van der Waals surface area contributed by atoms with Crippen LogP contribution in [0.25, 0.3) is 0 Å². The van der Waals surface area contributed by atoms with E-state index in [9.17, 15) is 19.8 Å². The highest BCUT2D eigenvalue weighted by atomic mass is 16.4. The fourth-order valence-electron chi connectivity index (χ4n) is 2.75. The first-order valence-corrected chi connectivity index (χ1v) is 8.65. The quantitative estimate of drug-likeness (QED) is 0.473. The average Bonchev–Trinajstić information content (AvgIpc) is 2.66. The molecule has 3 aromatic rings. The van der Waals surface area contributed by atoms with E-state index in [1.165, 1.54) is 12.1 Å². The van der Waals surface area contributed by atoms with Crippen LogP contribution in [0.15, 0.2) is 60.7 Å². The molecule has 0 aromatic heterocycles. The summed E-state index contributed by atoms with van der Waals surface area (Å²) in [6.07, 6.45) is 0. The molecule has 0 radical (unpaired) electrons. The predicted molar refractivity (Wildman–Crippen MR) is 109 cm³/mol. The highest BCUT2D eigenvalue weighted by Gasteiger charge is 2.20. The van der Waals surface area contributed by atoms with Gasteiger partial charge in [-0.1, -0.05) is 35.4 Å². The van der Waals surface area contributed by atoms with Crippen LogP contribution in [0.2, 0.25) is 0 Å². The lowest BCUT2D eigenvalue weighted by atomic mass is 10.0. The number of hydrogen-bond acceptors (Lipinski definition) is 4. The van der Waals surface area contributed by atoms with E-state index in [2.05, 4.69) is 10.6 Å². The van der Waals surface area contributed by atoms with E-state index in [0.29, 0.717) is 11.4 Å². The lowest BCUT2D eigenvalue weighted by molar-refractivity contribution is 0.0651. The summed E-state index contributed by atoms with van der Waals surface area (Å²) in [6, 6.07) is 17.9. The van der Waals surface area contributed by atoms with Crippen molar-refractivity contribution in [3.63, 3.8) is 0 Å². The van der Waals surface area contributed by atoms with Gasteiger partial charge in [-0.2, -0.15) is 0 Å². The molecule has 0 heterocycles. The summed E-state index contributed by atoms with van der Waals surface area (Å²) >= 11 is 0. The third-order valence-corrected chi connectivity index (χ3v) is 4.28. The molecule has 4 N–H and O–H groups in total. The number of aryl methyl sites for hydroxylation is 2. The Labute approximate surface area is 162 Å². The zero-order valence-electron chi connectivity index (χ0n) is 15.5. The van der Waals surface area contributed by atoms with Gasteiger partial charge in [-0.05, 0) is 50.2 Å². The van der Waals surface area contributed by atoms with Gasteiger partial charge < -0.3 is 20.8 Å². The lowest BCUT2D eigenvalue weighted by Crippen LogP contribution is -2.10. The second kappa shape index (κ2) is 7.84. The summed E-state index contributed by atoms with van der Waals surface area (Å²) in [5, 5.41) is 25.2. The van der Waals surface area contributed by atoms with Gasteiger partial charge in [0.15, 0.2) is 0 Å². The molecule has 0 spiro atoms. The molecule has 3 rings (SSSR count). The van der Waals surface area contributed by atoms with Crippen molar-refractivity contribution in [1.29, 1.82) is 0 Å². The van der Waals surface area contributed by atoms with Crippen LogP contribution in [-0.2, 0) is 0 Å². The molecule has 0 bridgehead atoms. The Kier molecular flexibility index (Phi) is 5.31. The molecule has 0 aliphatic heterocycles. The van der Waals surface area contributed by atoms with Gasteiger partial charge >= 0.3 is 11.9 Å². The molecule has 0 aliphatic carbocycles. The topological polar surface area (TPSA) is 98.7 Å². The van der Waals surface area contributed by atoms with Crippen molar-refractivity contribution < 1.29 is 19.8 Å². The first kappa shape index (κ1) is 19.0. The molecule has 6 heteroatoms. The first-order valence-electron chi connectivity index (χ1n) is 8.65. The normalized spacial score (nSPS) is 10.4. The Bertz CT molecular complexity index is 941. The highest BCUT2D eigenvalue weighted by Crippen LogP contribution is 2.32. The van der Waals surface area contributed by atoms with Crippen LogP contribution in [0.4, 0.5) is 22.7 Å². The third kappa shape index (κ3) is 4.29. The van der Waals surface area contributed by atoms with Crippen molar-refractivity contribution in [2.45, 2.75) is 13.8 Å². The molecule has 28 heavy (non-hydrogen) atoms. The van der Waals surface area contributed by atoms with Crippen LogP contribution in [0.1, 0.15) is 31.8 Å². The molecule has 6 nitrogen and oxygen atoms in total. The number of rotatable bonds is 6. The number of anilines is 4. The molecule has 0 aliphatic rings. The smallest absolute Gasteiger partial charge is 0.336 e. The van der Waals surface area contributed by atoms with E-state index >= 15 is 0 Å². The number of hydrogen-bond donors (Lipinski definition) is 4. The van der Waals surface area contributed by atoms with Crippen molar-refractivity contribution in [2.75, 3.05) is 10.6 Å². The molecule has 0 fully saturated rings. The van der Waals surface area contributed by atoms with Gasteiger partial charge in [-0.25, -0.2) is 9.59 Å². The minimum absolute atomic E-state index is 0.281. The number of aromatic carboxylic acids is 2. The van der Waals surface area contributed by atoms with Gasteiger partial charge in [0.25, 0.3) is 0 Å². The first-order chi connectivity index (χ1) is 13.3. The summed E-state index contributed by atoms with van der Waals surface area (Å²) in [5.74, 6) is -2.60. The number of carboxylic acids is 2. The van der Waals surface area contributed by atoms with Crippen molar-refractivity contribution in [3.05, 3.63) is 82.9 Å². The minimum Gasteiger partial charge on any atom is -0.478 e. The molecule has 3 aromatic carbocycles. The molecule has 0 saturated carbocycles. The monoisotopic (exact) mass is 376 g/mol. The van der Waals surface area contributed by atoms with Crippen LogP contribution >= 0.6 is 0 Å². The van der Waals surface area contributed by atoms with Crippen molar-refractivity contribution in [1.82, 2.24) is 0 Å². The standard InChI is InChI=1S/C22H20N2O4/c1-13-3-7-15(8-4-13)23-19-11-17(21(25)26)18(22(27)28)12-20(19)24-16-9-5-14(2)6-10-16/h3-12,23-24H,1-2H3,(H,25,26)(H,27,28). The largest absolute Gasteiger partial charge is 0.478 e. The number of carbonyl (C=O) groups is 2. The maximum absolute atomic E-state index is 11.6. The molecule has 0 saturated heterocycles.